The fourth-order valence-electron chi connectivity index (χ4n) is 1.19. The van der Waals surface area contributed by atoms with Crippen molar-refractivity contribution in [3.63, 3.8) is 0 Å². The molecule has 0 bridgehead atoms. The maximum atomic E-state index is 11.7. The van der Waals surface area contributed by atoms with Crippen LogP contribution in [0.25, 0.3) is 0 Å². The molecule has 0 aliphatic carbocycles. The summed E-state index contributed by atoms with van der Waals surface area (Å²) in [5, 5.41) is 3.37. The third-order valence-corrected chi connectivity index (χ3v) is 3.47. The van der Waals surface area contributed by atoms with Crippen LogP contribution in [-0.4, -0.2) is 31.4 Å². The second-order valence-electron chi connectivity index (χ2n) is 3.50. The molecule has 5 heteroatoms. The van der Waals surface area contributed by atoms with E-state index in [1.807, 2.05) is 31.2 Å². The van der Waals surface area contributed by atoms with Gasteiger partial charge in [-0.3, -0.25) is 4.79 Å². The predicted octanol–water partition coefficient (Wildman–Crippen LogP) is 2.58. The molecular formula is C12H16ClNO2S. The van der Waals surface area contributed by atoms with Gasteiger partial charge in [-0.25, -0.2) is 0 Å². The number of amides is 1. The number of nitrogens with one attached hydrogen (secondary N) is 1. The molecule has 0 spiro atoms. The fourth-order valence-corrected chi connectivity index (χ4v) is 2.21. The number of thioether (sulfide) groups is 1. The Morgan fingerprint density at radius 1 is 1.47 bits per heavy atom. The zero-order valence-electron chi connectivity index (χ0n) is 9.90. The lowest BCUT2D eigenvalue weighted by molar-refractivity contribution is -0.120. The molecular weight excluding hydrogens is 258 g/mol. The molecule has 17 heavy (non-hydrogen) atoms. The van der Waals surface area contributed by atoms with E-state index in [9.17, 15) is 4.79 Å². The normalized spacial score (nSPS) is 12.2. The lowest BCUT2D eigenvalue weighted by Gasteiger charge is -2.11. The van der Waals surface area contributed by atoms with Crippen LogP contribution in [0.1, 0.15) is 6.92 Å². The Bertz CT molecular complexity index is 356. The van der Waals surface area contributed by atoms with Gasteiger partial charge < -0.3 is 10.1 Å². The van der Waals surface area contributed by atoms with E-state index in [1.165, 1.54) is 11.8 Å². The van der Waals surface area contributed by atoms with Crippen molar-refractivity contribution in [2.24, 2.45) is 0 Å². The predicted molar refractivity (Wildman–Crippen MR) is 71.7 cm³/mol. The van der Waals surface area contributed by atoms with Crippen LogP contribution >= 0.6 is 23.4 Å². The van der Waals surface area contributed by atoms with Gasteiger partial charge in [0.15, 0.2) is 0 Å². The minimum absolute atomic E-state index is 0.0157. The minimum Gasteiger partial charge on any atom is -0.383 e. The fraction of sp³-hybridized carbons (Fsp3) is 0.417. The highest BCUT2D eigenvalue weighted by atomic mass is 35.5. The number of hydrogen-bond donors (Lipinski definition) is 1. The molecule has 0 aliphatic rings. The molecule has 0 unspecified atom stereocenters. The topological polar surface area (TPSA) is 38.3 Å². The van der Waals surface area contributed by atoms with Gasteiger partial charge in [0.25, 0.3) is 0 Å². The summed E-state index contributed by atoms with van der Waals surface area (Å²) in [7, 11) is 1.61. The number of methoxy groups -OCH3 is 1. The van der Waals surface area contributed by atoms with Gasteiger partial charge in [-0.2, -0.15) is 0 Å². The summed E-state index contributed by atoms with van der Waals surface area (Å²) in [4.78, 5) is 12.7. The van der Waals surface area contributed by atoms with Crippen molar-refractivity contribution >= 4 is 29.3 Å². The van der Waals surface area contributed by atoms with Gasteiger partial charge in [0, 0.05) is 23.6 Å². The second-order valence-corrected chi connectivity index (χ2v) is 5.35. The molecule has 0 heterocycles. The van der Waals surface area contributed by atoms with Gasteiger partial charge in [-0.05, 0) is 31.2 Å². The largest absolute Gasteiger partial charge is 0.383 e. The maximum Gasteiger partial charge on any atom is 0.233 e. The quantitative estimate of drug-likeness (QED) is 0.640. The van der Waals surface area contributed by atoms with E-state index in [1.54, 1.807) is 7.11 Å². The number of ether oxygens (including phenoxy) is 1. The highest BCUT2D eigenvalue weighted by Crippen LogP contribution is 2.24. The Labute approximate surface area is 111 Å². The number of hydrogen-bond acceptors (Lipinski definition) is 3. The second kappa shape index (κ2) is 7.58. The van der Waals surface area contributed by atoms with Crippen molar-refractivity contribution in [1.29, 1.82) is 0 Å². The highest BCUT2D eigenvalue weighted by molar-refractivity contribution is 8.00. The molecule has 1 aromatic carbocycles. The summed E-state index contributed by atoms with van der Waals surface area (Å²) >= 11 is 7.30. The average Bonchev–Trinajstić information content (AvgIpc) is 2.32. The molecule has 1 rings (SSSR count). The molecule has 0 fully saturated rings. The summed E-state index contributed by atoms with van der Waals surface area (Å²) in [5.41, 5.74) is 0. The third kappa shape index (κ3) is 5.44. The number of benzene rings is 1. The van der Waals surface area contributed by atoms with Gasteiger partial charge in [0.05, 0.1) is 11.9 Å². The first-order valence-electron chi connectivity index (χ1n) is 5.32. The van der Waals surface area contributed by atoms with Crippen molar-refractivity contribution in [1.82, 2.24) is 5.32 Å². The summed E-state index contributed by atoms with van der Waals surface area (Å²) in [6.07, 6.45) is 0. The van der Waals surface area contributed by atoms with Gasteiger partial charge in [0.2, 0.25) is 5.91 Å². The Morgan fingerprint density at radius 2 is 2.12 bits per heavy atom. The van der Waals surface area contributed by atoms with E-state index in [0.29, 0.717) is 18.2 Å². The van der Waals surface area contributed by atoms with E-state index in [-0.39, 0.29) is 11.2 Å². The van der Waals surface area contributed by atoms with Gasteiger partial charge in [-0.15, -0.1) is 11.8 Å². The summed E-state index contributed by atoms with van der Waals surface area (Å²) < 4.78 is 4.87. The van der Waals surface area contributed by atoms with Crippen LogP contribution in [0.5, 0.6) is 0 Å². The molecule has 94 valence electrons. The van der Waals surface area contributed by atoms with Crippen LogP contribution in [0.2, 0.25) is 5.02 Å². The maximum absolute atomic E-state index is 11.7. The molecule has 1 atom stereocenters. The lowest BCUT2D eigenvalue weighted by Crippen LogP contribution is -2.33. The van der Waals surface area contributed by atoms with E-state index >= 15 is 0 Å². The molecule has 1 aromatic rings. The van der Waals surface area contributed by atoms with Crippen LogP contribution in [0, 0.1) is 0 Å². The van der Waals surface area contributed by atoms with Crippen LogP contribution in [0.15, 0.2) is 29.2 Å². The SMILES string of the molecule is COCCNC(=O)[C@@H](C)Sc1ccc(Cl)cc1. The van der Waals surface area contributed by atoms with E-state index in [2.05, 4.69) is 5.32 Å². The van der Waals surface area contributed by atoms with Gasteiger partial charge in [-0.1, -0.05) is 11.6 Å². The average molecular weight is 274 g/mol. The minimum atomic E-state index is -0.131. The molecule has 0 radical (unpaired) electrons. The van der Waals surface area contributed by atoms with E-state index in [4.69, 9.17) is 16.3 Å². The molecule has 3 nitrogen and oxygen atoms in total. The summed E-state index contributed by atoms with van der Waals surface area (Å²) in [6.45, 7) is 2.95. The Hall–Kier alpha value is -0.710. The smallest absolute Gasteiger partial charge is 0.233 e. The number of carbonyl (C=O) groups is 1. The standard InChI is InChI=1S/C12H16ClNO2S/c1-9(12(15)14-7-8-16-2)17-11-5-3-10(13)4-6-11/h3-6,9H,7-8H2,1-2H3,(H,14,15)/t9-/m1/s1. The van der Waals surface area contributed by atoms with Crippen LogP contribution in [0.3, 0.4) is 0 Å². The molecule has 0 saturated carbocycles. The van der Waals surface area contributed by atoms with Crippen molar-refractivity contribution in [3.05, 3.63) is 29.3 Å². The first kappa shape index (κ1) is 14.4. The van der Waals surface area contributed by atoms with Crippen LogP contribution in [-0.2, 0) is 9.53 Å². The number of rotatable bonds is 6. The first-order valence-corrected chi connectivity index (χ1v) is 6.58. The Balaban J connectivity index is 2.40. The summed E-state index contributed by atoms with van der Waals surface area (Å²) in [5.74, 6) is 0.0157. The van der Waals surface area contributed by atoms with E-state index < -0.39 is 0 Å². The monoisotopic (exact) mass is 273 g/mol. The first-order chi connectivity index (χ1) is 8.13. The van der Waals surface area contributed by atoms with Gasteiger partial charge >= 0.3 is 0 Å². The highest BCUT2D eigenvalue weighted by Gasteiger charge is 2.13. The van der Waals surface area contributed by atoms with E-state index in [0.717, 1.165) is 4.90 Å². The van der Waals surface area contributed by atoms with Crippen molar-refractivity contribution in [2.75, 3.05) is 20.3 Å². The molecule has 0 aliphatic heterocycles. The molecule has 0 aromatic heterocycles. The number of carbonyl (C=O) groups excluding carboxylic acids is 1. The lowest BCUT2D eigenvalue weighted by atomic mass is 10.4. The Morgan fingerprint density at radius 3 is 2.71 bits per heavy atom. The third-order valence-electron chi connectivity index (χ3n) is 2.10. The van der Waals surface area contributed by atoms with Crippen LogP contribution in [0.4, 0.5) is 0 Å². The molecule has 1 N–H and O–H groups in total. The number of halogens is 1. The zero-order chi connectivity index (χ0) is 12.7. The van der Waals surface area contributed by atoms with Crippen molar-refractivity contribution < 1.29 is 9.53 Å². The molecule has 1 amide bonds. The Kier molecular flexibility index (Phi) is 6.40. The molecule has 0 saturated heterocycles. The van der Waals surface area contributed by atoms with Gasteiger partial charge in [0.1, 0.15) is 0 Å². The zero-order valence-corrected chi connectivity index (χ0v) is 11.5. The van der Waals surface area contributed by atoms with Crippen LogP contribution < -0.4 is 5.32 Å². The summed E-state index contributed by atoms with van der Waals surface area (Å²) in [6, 6.07) is 7.46. The van der Waals surface area contributed by atoms with Crippen molar-refractivity contribution in [2.45, 2.75) is 17.1 Å². The van der Waals surface area contributed by atoms with Crippen molar-refractivity contribution in [3.8, 4) is 0 Å².